The fraction of sp³-hybridized carbons (Fsp3) is 0.600. The predicted molar refractivity (Wildman–Crippen MR) is 119 cm³/mol. The zero-order valence-electron chi connectivity index (χ0n) is 18.8. The number of benzene rings is 1. The van der Waals surface area contributed by atoms with Gasteiger partial charge in [-0.25, -0.2) is 0 Å². The van der Waals surface area contributed by atoms with Crippen LogP contribution in [0.4, 0.5) is 0 Å². The average molecular weight is 417 g/mol. The lowest BCUT2D eigenvalue weighted by Crippen LogP contribution is -2.13. The van der Waals surface area contributed by atoms with Crippen molar-refractivity contribution in [1.82, 2.24) is 0 Å². The number of hydrogen-bond donors (Lipinski definition) is 0. The molecular formula is C25H36O5. The summed E-state index contributed by atoms with van der Waals surface area (Å²) in [6.07, 6.45) is 10.9. The average Bonchev–Trinajstić information content (AvgIpc) is 2.73. The fourth-order valence-corrected chi connectivity index (χ4v) is 2.92. The first kappa shape index (κ1) is 25.6. The van der Waals surface area contributed by atoms with Crippen LogP contribution < -0.4 is 9.47 Å². The molecule has 0 saturated carbocycles. The minimum absolute atomic E-state index is 0.0350. The third-order valence-electron chi connectivity index (χ3n) is 4.66. The van der Waals surface area contributed by atoms with Crippen LogP contribution >= 0.6 is 0 Å². The lowest BCUT2D eigenvalue weighted by Gasteiger charge is -2.09. The zero-order valence-corrected chi connectivity index (χ0v) is 18.8. The molecule has 0 radical (unpaired) electrons. The molecule has 0 unspecified atom stereocenters. The van der Waals surface area contributed by atoms with Crippen molar-refractivity contribution in [1.29, 1.82) is 0 Å². The third-order valence-corrected chi connectivity index (χ3v) is 4.66. The second-order valence-electron chi connectivity index (χ2n) is 7.37. The van der Waals surface area contributed by atoms with E-state index in [9.17, 15) is 9.59 Å². The van der Waals surface area contributed by atoms with Crippen LogP contribution in [0.3, 0.4) is 0 Å². The lowest BCUT2D eigenvalue weighted by molar-refractivity contribution is -0.145. The smallest absolute Gasteiger partial charge is 0.311 e. The van der Waals surface area contributed by atoms with Gasteiger partial charge in [0, 0.05) is 6.42 Å². The van der Waals surface area contributed by atoms with Crippen molar-refractivity contribution >= 4 is 11.9 Å². The van der Waals surface area contributed by atoms with Crippen molar-refractivity contribution in [3.05, 3.63) is 23.8 Å². The SMILES string of the molecule is CCCCCCCCCCC#CCOC(=O)CCC(=O)Oc1cc(C)ccc1OC. The van der Waals surface area contributed by atoms with Gasteiger partial charge in [0.05, 0.1) is 20.0 Å². The Morgan fingerprint density at radius 1 is 0.867 bits per heavy atom. The Morgan fingerprint density at radius 3 is 2.23 bits per heavy atom. The highest BCUT2D eigenvalue weighted by Crippen LogP contribution is 2.28. The van der Waals surface area contributed by atoms with Gasteiger partial charge in [0.2, 0.25) is 0 Å². The maximum atomic E-state index is 12.0. The molecule has 5 heteroatoms. The molecule has 0 aromatic heterocycles. The monoisotopic (exact) mass is 416 g/mol. The van der Waals surface area contributed by atoms with Crippen LogP contribution in [0.2, 0.25) is 0 Å². The summed E-state index contributed by atoms with van der Waals surface area (Å²) in [5, 5.41) is 0. The highest BCUT2D eigenvalue weighted by atomic mass is 16.6. The summed E-state index contributed by atoms with van der Waals surface area (Å²) in [5.41, 5.74) is 0.948. The molecule has 1 rings (SSSR count). The Bertz CT molecular complexity index is 699. The summed E-state index contributed by atoms with van der Waals surface area (Å²) < 4.78 is 15.5. The van der Waals surface area contributed by atoms with Crippen LogP contribution in [0.5, 0.6) is 11.5 Å². The van der Waals surface area contributed by atoms with Gasteiger partial charge in [0.1, 0.15) is 0 Å². The zero-order chi connectivity index (χ0) is 22.0. The van der Waals surface area contributed by atoms with E-state index in [1.807, 2.05) is 13.0 Å². The van der Waals surface area contributed by atoms with Crippen LogP contribution in [0.1, 0.15) is 83.1 Å². The Morgan fingerprint density at radius 2 is 1.53 bits per heavy atom. The van der Waals surface area contributed by atoms with Crippen molar-refractivity contribution in [3.8, 4) is 23.3 Å². The summed E-state index contributed by atoms with van der Waals surface area (Å²) in [5.74, 6) is 5.76. The van der Waals surface area contributed by atoms with Gasteiger partial charge in [-0.3, -0.25) is 9.59 Å². The van der Waals surface area contributed by atoms with Crippen LogP contribution in [0.15, 0.2) is 18.2 Å². The largest absolute Gasteiger partial charge is 0.493 e. The van der Waals surface area contributed by atoms with Crippen LogP contribution in [-0.4, -0.2) is 25.7 Å². The number of carbonyl (C=O) groups is 2. The predicted octanol–water partition coefficient (Wildman–Crippen LogP) is 5.77. The van der Waals surface area contributed by atoms with E-state index in [2.05, 4.69) is 18.8 Å². The molecule has 0 N–H and O–H groups in total. The number of ether oxygens (including phenoxy) is 3. The Balaban J connectivity index is 2.10. The van der Waals surface area contributed by atoms with Gasteiger partial charge in [-0.15, -0.1) is 0 Å². The molecule has 30 heavy (non-hydrogen) atoms. The molecule has 0 bridgehead atoms. The highest BCUT2D eigenvalue weighted by Gasteiger charge is 2.13. The van der Waals surface area contributed by atoms with E-state index in [0.29, 0.717) is 11.5 Å². The molecule has 0 aliphatic carbocycles. The van der Waals surface area contributed by atoms with Crippen molar-refractivity contribution < 1.29 is 23.8 Å². The van der Waals surface area contributed by atoms with Gasteiger partial charge >= 0.3 is 11.9 Å². The summed E-state index contributed by atoms with van der Waals surface area (Å²) in [6, 6.07) is 5.32. The standard InChI is InChI=1S/C25H36O5/c1-4-5-6-7-8-9-10-11-12-13-14-19-29-24(26)17-18-25(27)30-23-20-21(2)15-16-22(23)28-3/h15-16,20H,4-12,17-19H2,1-3H3. The first-order valence-electron chi connectivity index (χ1n) is 11.0. The molecule has 0 fully saturated rings. The van der Waals surface area contributed by atoms with E-state index >= 15 is 0 Å². The van der Waals surface area contributed by atoms with Gasteiger partial charge in [-0.05, 0) is 31.0 Å². The summed E-state index contributed by atoms with van der Waals surface area (Å²) in [4.78, 5) is 23.7. The van der Waals surface area contributed by atoms with Crippen LogP contribution in [-0.2, 0) is 14.3 Å². The van der Waals surface area contributed by atoms with Gasteiger partial charge in [-0.1, -0.05) is 69.8 Å². The molecule has 5 nitrogen and oxygen atoms in total. The molecule has 0 amide bonds. The molecule has 1 aromatic rings. The second kappa shape index (κ2) is 16.3. The Labute approximate surface area is 181 Å². The molecule has 0 saturated heterocycles. The van der Waals surface area contributed by atoms with E-state index in [1.54, 1.807) is 12.1 Å². The van der Waals surface area contributed by atoms with E-state index in [4.69, 9.17) is 14.2 Å². The number of esters is 2. The van der Waals surface area contributed by atoms with Crippen molar-refractivity contribution in [2.24, 2.45) is 0 Å². The quantitative estimate of drug-likeness (QED) is 0.167. The van der Waals surface area contributed by atoms with Gasteiger partial charge in [-0.2, -0.15) is 0 Å². The summed E-state index contributed by atoms with van der Waals surface area (Å²) in [7, 11) is 1.51. The molecular weight excluding hydrogens is 380 g/mol. The summed E-state index contributed by atoms with van der Waals surface area (Å²) in [6.45, 7) is 4.19. The number of carbonyl (C=O) groups excluding carboxylic acids is 2. The van der Waals surface area contributed by atoms with Crippen molar-refractivity contribution in [2.45, 2.75) is 84.5 Å². The van der Waals surface area contributed by atoms with E-state index in [-0.39, 0.29) is 19.4 Å². The molecule has 1 aromatic carbocycles. The van der Waals surface area contributed by atoms with Crippen LogP contribution in [0.25, 0.3) is 0 Å². The maximum absolute atomic E-state index is 12.0. The van der Waals surface area contributed by atoms with Gasteiger partial charge in [0.25, 0.3) is 0 Å². The molecule has 166 valence electrons. The molecule has 0 atom stereocenters. The Kier molecular flexibility index (Phi) is 13.9. The number of aryl methyl sites for hydroxylation is 1. The molecule has 0 aliphatic heterocycles. The van der Waals surface area contributed by atoms with E-state index in [0.717, 1.165) is 18.4 Å². The van der Waals surface area contributed by atoms with E-state index in [1.165, 1.54) is 52.1 Å². The van der Waals surface area contributed by atoms with Crippen molar-refractivity contribution in [2.75, 3.05) is 13.7 Å². The maximum Gasteiger partial charge on any atom is 0.311 e. The molecule has 0 aliphatic rings. The van der Waals surface area contributed by atoms with Gasteiger partial charge < -0.3 is 14.2 Å². The highest BCUT2D eigenvalue weighted by molar-refractivity contribution is 5.79. The van der Waals surface area contributed by atoms with Gasteiger partial charge in [0.15, 0.2) is 18.1 Å². The van der Waals surface area contributed by atoms with Crippen LogP contribution in [0, 0.1) is 18.8 Å². The minimum atomic E-state index is -0.503. The lowest BCUT2D eigenvalue weighted by atomic mass is 10.1. The second-order valence-corrected chi connectivity index (χ2v) is 7.37. The van der Waals surface area contributed by atoms with Crippen molar-refractivity contribution in [3.63, 3.8) is 0 Å². The first-order valence-corrected chi connectivity index (χ1v) is 11.0. The molecule has 0 spiro atoms. The number of hydrogen-bond acceptors (Lipinski definition) is 5. The number of unbranched alkanes of at least 4 members (excludes halogenated alkanes) is 8. The topological polar surface area (TPSA) is 61.8 Å². The first-order chi connectivity index (χ1) is 14.6. The normalized spacial score (nSPS) is 10.1. The number of methoxy groups -OCH3 is 1. The summed E-state index contributed by atoms with van der Waals surface area (Å²) >= 11 is 0. The third kappa shape index (κ3) is 12.2. The Hall–Kier alpha value is -2.48. The fourth-order valence-electron chi connectivity index (χ4n) is 2.92. The number of rotatable bonds is 14. The molecule has 0 heterocycles. The minimum Gasteiger partial charge on any atom is -0.493 e. The van der Waals surface area contributed by atoms with E-state index < -0.39 is 11.9 Å².